The second kappa shape index (κ2) is 9.12. The topological polar surface area (TPSA) is 105 Å². The molecule has 9 nitrogen and oxygen atoms in total. The van der Waals surface area contributed by atoms with Gasteiger partial charge in [0.1, 0.15) is 6.54 Å². The normalized spacial score (nSPS) is 19.3. The lowest BCUT2D eigenvalue weighted by Gasteiger charge is -2.34. The number of fused-ring (bicyclic) bond motifs is 1. The molecule has 1 amide bonds. The lowest BCUT2D eigenvalue weighted by Crippen LogP contribution is -2.36. The van der Waals surface area contributed by atoms with E-state index < -0.39 is 11.2 Å². The molecule has 2 N–H and O–H groups in total. The Bertz CT molecular complexity index is 1220. The van der Waals surface area contributed by atoms with E-state index >= 15 is 0 Å². The van der Waals surface area contributed by atoms with Gasteiger partial charge in [0.2, 0.25) is 5.91 Å². The fourth-order valence-electron chi connectivity index (χ4n) is 4.60. The molecule has 2 atom stereocenters. The van der Waals surface area contributed by atoms with E-state index in [0.717, 1.165) is 18.3 Å². The van der Waals surface area contributed by atoms with Crippen molar-refractivity contribution in [1.82, 2.24) is 24.0 Å². The number of benzene rings is 1. The molecule has 1 aromatic carbocycles. The van der Waals surface area contributed by atoms with E-state index in [1.165, 1.54) is 54.0 Å². The first kappa shape index (κ1) is 22.0. The van der Waals surface area contributed by atoms with Crippen molar-refractivity contribution >= 4 is 22.8 Å². The van der Waals surface area contributed by atoms with Gasteiger partial charge >= 0.3 is 5.69 Å². The summed E-state index contributed by atoms with van der Waals surface area (Å²) in [6.45, 7) is 4.61. The number of piperidine rings is 1. The number of anilines is 1. The van der Waals surface area contributed by atoms with Crippen LogP contribution in [0.1, 0.15) is 25.3 Å². The second-order valence-electron chi connectivity index (χ2n) is 8.94. The molecule has 3 heterocycles. The van der Waals surface area contributed by atoms with Crippen LogP contribution in [0.3, 0.4) is 0 Å². The van der Waals surface area contributed by atoms with Crippen molar-refractivity contribution in [3.05, 3.63) is 57.0 Å². The summed E-state index contributed by atoms with van der Waals surface area (Å²) in [5.41, 5.74) is 1.31. The SMILES string of the molecule is C[C@H]1CN(C)CC[C@@H]1CCc1ccc(NC(=O)Cn2cnc3c2c(=O)[nH]c(=O)n3C)cc1. The van der Waals surface area contributed by atoms with Gasteiger partial charge in [-0.05, 0) is 62.4 Å². The Kier molecular flexibility index (Phi) is 6.27. The summed E-state index contributed by atoms with van der Waals surface area (Å²) >= 11 is 0. The van der Waals surface area contributed by atoms with Crippen LogP contribution in [-0.4, -0.2) is 50.0 Å². The summed E-state index contributed by atoms with van der Waals surface area (Å²) in [6.07, 6.45) is 4.87. The number of aryl methyl sites for hydroxylation is 2. The maximum Gasteiger partial charge on any atom is 0.329 e. The number of H-pyrrole nitrogens is 1. The molecule has 0 saturated carbocycles. The quantitative estimate of drug-likeness (QED) is 0.608. The molecule has 1 aliphatic heterocycles. The molecule has 170 valence electrons. The molecule has 0 bridgehead atoms. The fraction of sp³-hybridized carbons (Fsp3) is 0.478. The van der Waals surface area contributed by atoms with Gasteiger partial charge in [0.15, 0.2) is 11.2 Å². The predicted molar refractivity (Wildman–Crippen MR) is 124 cm³/mol. The summed E-state index contributed by atoms with van der Waals surface area (Å²) in [6, 6.07) is 7.94. The van der Waals surface area contributed by atoms with Crippen molar-refractivity contribution < 1.29 is 4.79 Å². The van der Waals surface area contributed by atoms with Crippen LogP contribution in [0.4, 0.5) is 5.69 Å². The molecule has 32 heavy (non-hydrogen) atoms. The summed E-state index contributed by atoms with van der Waals surface area (Å²) in [4.78, 5) is 45.1. The number of aromatic nitrogens is 4. The van der Waals surface area contributed by atoms with E-state index in [4.69, 9.17) is 0 Å². The van der Waals surface area contributed by atoms with Gasteiger partial charge in [0.05, 0.1) is 6.33 Å². The first-order chi connectivity index (χ1) is 15.3. The predicted octanol–water partition coefficient (Wildman–Crippen LogP) is 1.58. The highest BCUT2D eigenvalue weighted by Gasteiger charge is 2.23. The van der Waals surface area contributed by atoms with Gasteiger partial charge in [-0.15, -0.1) is 0 Å². The van der Waals surface area contributed by atoms with E-state index in [1.807, 2.05) is 12.1 Å². The maximum atomic E-state index is 12.5. The van der Waals surface area contributed by atoms with Crippen LogP contribution in [0.2, 0.25) is 0 Å². The van der Waals surface area contributed by atoms with Crippen LogP contribution in [0, 0.1) is 11.8 Å². The number of carbonyl (C=O) groups excluding carboxylic acids is 1. The molecule has 3 aromatic rings. The zero-order valence-electron chi connectivity index (χ0n) is 18.8. The molecule has 9 heteroatoms. The van der Waals surface area contributed by atoms with Crippen molar-refractivity contribution in [3.8, 4) is 0 Å². The second-order valence-corrected chi connectivity index (χ2v) is 8.94. The minimum atomic E-state index is -0.559. The highest BCUT2D eigenvalue weighted by molar-refractivity contribution is 5.91. The third-order valence-electron chi connectivity index (χ3n) is 6.52. The van der Waals surface area contributed by atoms with E-state index in [-0.39, 0.29) is 23.6 Å². The van der Waals surface area contributed by atoms with Crippen molar-refractivity contribution in [2.45, 2.75) is 32.7 Å². The number of amides is 1. The number of imidazole rings is 1. The van der Waals surface area contributed by atoms with E-state index in [2.05, 4.69) is 46.3 Å². The number of nitrogens with one attached hydrogen (secondary N) is 2. The molecule has 1 aliphatic rings. The van der Waals surface area contributed by atoms with Crippen molar-refractivity contribution in [2.24, 2.45) is 18.9 Å². The number of aromatic amines is 1. The standard InChI is InChI=1S/C23H30N6O3/c1-15-12-27(2)11-10-17(15)7-4-16-5-8-18(9-6-16)25-19(30)13-29-14-24-21-20(29)22(31)26-23(32)28(21)3/h5-6,8-9,14-15,17H,4,7,10-13H2,1-3H3,(H,25,30)(H,26,31,32)/t15-,17-/m0/s1. The van der Waals surface area contributed by atoms with Crippen molar-refractivity contribution in [2.75, 3.05) is 25.5 Å². The molecule has 0 aliphatic carbocycles. The molecule has 1 saturated heterocycles. The molecule has 1 fully saturated rings. The molecule has 0 unspecified atom stereocenters. The highest BCUT2D eigenvalue weighted by Crippen LogP contribution is 2.27. The van der Waals surface area contributed by atoms with Crippen LogP contribution in [0.15, 0.2) is 40.2 Å². The van der Waals surface area contributed by atoms with Gasteiger partial charge in [-0.25, -0.2) is 9.78 Å². The lowest BCUT2D eigenvalue weighted by atomic mass is 9.83. The Hall–Kier alpha value is -3.20. The maximum absolute atomic E-state index is 12.5. The van der Waals surface area contributed by atoms with Crippen LogP contribution < -0.4 is 16.6 Å². The molecule has 0 spiro atoms. The summed E-state index contributed by atoms with van der Waals surface area (Å²) in [5, 5.41) is 2.86. The number of likely N-dealkylation sites (tertiary alicyclic amines) is 1. The fourth-order valence-corrected chi connectivity index (χ4v) is 4.60. The third kappa shape index (κ3) is 4.67. The van der Waals surface area contributed by atoms with Gasteiger partial charge in [-0.3, -0.25) is 19.1 Å². The monoisotopic (exact) mass is 438 g/mol. The number of rotatable bonds is 6. The minimum absolute atomic E-state index is 0.0758. The van der Waals surface area contributed by atoms with Crippen molar-refractivity contribution in [3.63, 3.8) is 0 Å². The molecule has 0 radical (unpaired) electrons. The Balaban J connectivity index is 1.35. The Morgan fingerprint density at radius 2 is 1.97 bits per heavy atom. The summed E-state index contributed by atoms with van der Waals surface area (Å²) in [5.74, 6) is 1.21. The van der Waals surface area contributed by atoms with Gasteiger partial charge in [0, 0.05) is 19.3 Å². The van der Waals surface area contributed by atoms with E-state index in [9.17, 15) is 14.4 Å². The van der Waals surface area contributed by atoms with Crippen LogP contribution in [0.5, 0.6) is 0 Å². The summed E-state index contributed by atoms with van der Waals surface area (Å²) < 4.78 is 2.69. The van der Waals surface area contributed by atoms with Crippen LogP contribution >= 0.6 is 0 Å². The number of nitrogens with zero attached hydrogens (tertiary/aromatic N) is 4. The number of carbonyl (C=O) groups is 1. The number of hydrogen-bond acceptors (Lipinski definition) is 5. The molecular formula is C23H30N6O3. The third-order valence-corrected chi connectivity index (χ3v) is 6.52. The van der Waals surface area contributed by atoms with Crippen molar-refractivity contribution in [1.29, 1.82) is 0 Å². The van der Waals surface area contributed by atoms with E-state index in [1.54, 1.807) is 0 Å². The first-order valence-corrected chi connectivity index (χ1v) is 11.0. The first-order valence-electron chi connectivity index (χ1n) is 11.0. The Labute approximate surface area is 186 Å². The highest BCUT2D eigenvalue weighted by atomic mass is 16.2. The van der Waals surface area contributed by atoms with Gasteiger partial charge < -0.3 is 14.8 Å². The van der Waals surface area contributed by atoms with E-state index in [0.29, 0.717) is 5.69 Å². The van der Waals surface area contributed by atoms with Crippen LogP contribution in [0.25, 0.3) is 11.2 Å². The zero-order chi connectivity index (χ0) is 22.8. The molecule has 4 rings (SSSR count). The molecular weight excluding hydrogens is 408 g/mol. The van der Waals surface area contributed by atoms with Gasteiger partial charge in [0.25, 0.3) is 5.56 Å². The minimum Gasteiger partial charge on any atom is -0.325 e. The van der Waals surface area contributed by atoms with Crippen LogP contribution in [-0.2, 0) is 24.8 Å². The summed E-state index contributed by atoms with van der Waals surface area (Å²) in [7, 11) is 3.71. The smallest absolute Gasteiger partial charge is 0.325 e. The zero-order valence-corrected chi connectivity index (χ0v) is 18.8. The average molecular weight is 439 g/mol. The van der Waals surface area contributed by atoms with Gasteiger partial charge in [-0.2, -0.15) is 0 Å². The average Bonchev–Trinajstić information content (AvgIpc) is 3.16. The number of hydrogen-bond donors (Lipinski definition) is 2. The van der Waals surface area contributed by atoms with Gasteiger partial charge in [-0.1, -0.05) is 19.1 Å². The molecule has 2 aromatic heterocycles. The lowest BCUT2D eigenvalue weighted by molar-refractivity contribution is -0.116. The largest absolute Gasteiger partial charge is 0.329 e. The Morgan fingerprint density at radius 1 is 1.22 bits per heavy atom. The Morgan fingerprint density at radius 3 is 2.69 bits per heavy atom.